The van der Waals surface area contributed by atoms with Gasteiger partial charge in [0.15, 0.2) is 0 Å². The van der Waals surface area contributed by atoms with Crippen LogP contribution in [0.3, 0.4) is 0 Å². The van der Waals surface area contributed by atoms with Gasteiger partial charge in [-0.05, 0) is 25.2 Å². The van der Waals surface area contributed by atoms with E-state index in [4.69, 9.17) is 10.2 Å². The number of ether oxygens (including phenoxy) is 1. The van der Waals surface area contributed by atoms with Gasteiger partial charge in [0.2, 0.25) is 0 Å². The van der Waals surface area contributed by atoms with Crippen molar-refractivity contribution in [2.75, 3.05) is 26.2 Å². The molecule has 6 heteroatoms. The Balaban J connectivity index is 3.07. The monoisotopic (exact) mass is 312 g/mol. The predicted octanol–water partition coefficient (Wildman–Crippen LogP) is 3.12. The fraction of sp³-hybridized carbons (Fsp3) is 0.562. The second kappa shape index (κ2) is 7.89. The fourth-order valence-electron chi connectivity index (χ4n) is 1.93. The first-order chi connectivity index (χ1) is 12.0. The summed E-state index contributed by atoms with van der Waals surface area (Å²) in [5, 5.41) is 10.9. The maximum atomic E-state index is 12.3. The number of nitro groups is 1. The standard InChI is InChI=1S/C16H24N2O4/c1-5-17(6-2)11-16(3,4)12-22-15(19)13-7-9-14(10-8-13)18(20)21/h7-10H,5-6,11-12H2,1-4H3/i7D,8D,9D,10D. The minimum atomic E-state index is -1.02. The highest BCUT2D eigenvalue weighted by Crippen LogP contribution is 2.19. The lowest BCUT2D eigenvalue weighted by molar-refractivity contribution is -0.384. The van der Waals surface area contributed by atoms with Crippen molar-refractivity contribution in [3.63, 3.8) is 0 Å². The summed E-state index contributed by atoms with van der Waals surface area (Å²) in [6.45, 7) is 10.2. The van der Waals surface area contributed by atoms with Gasteiger partial charge >= 0.3 is 5.97 Å². The molecule has 0 aromatic heterocycles. The van der Waals surface area contributed by atoms with E-state index >= 15 is 0 Å². The van der Waals surface area contributed by atoms with Gasteiger partial charge in [0.1, 0.15) is 0 Å². The molecular formula is C16H24N2O4. The van der Waals surface area contributed by atoms with Crippen LogP contribution in [0.4, 0.5) is 5.69 Å². The lowest BCUT2D eigenvalue weighted by atomic mass is 9.94. The highest BCUT2D eigenvalue weighted by Gasteiger charge is 2.23. The molecule has 0 saturated heterocycles. The normalized spacial score (nSPS) is 14.0. The Morgan fingerprint density at radius 2 is 1.86 bits per heavy atom. The molecule has 0 spiro atoms. The molecule has 1 aromatic carbocycles. The van der Waals surface area contributed by atoms with Crippen LogP contribution in [0.1, 0.15) is 43.5 Å². The van der Waals surface area contributed by atoms with E-state index in [0.29, 0.717) is 6.54 Å². The van der Waals surface area contributed by atoms with E-state index < -0.39 is 46.3 Å². The van der Waals surface area contributed by atoms with Crippen molar-refractivity contribution in [2.45, 2.75) is 27.7 Å². The van der Waals surface area contributed by atoms with Crippen LogP contribution < -0.4 is 0 Å². The molecule has 0 radical (unpaired) electrons. The molecular weight excluding hydrogens is 284 g/mol. The summed E-state index contributed by atoms with van der Waals surface area (Å²) in [7, 11) is 0. The zero-order valence-electron chi connectivity index (χ0n) is 17.4. The number of carbonyl (C=O) groups is 1. The smallest absolute Gasteiger partial charge is 0.338 e. The number of rotatable bonds is 8. The zero-order valence-corrected chi connectivity index (χ0v) is 13.4. The van der Waals surface area contributed by atoms with Gasteiger partial charge in [0.05, 0.1) is 22.6 Å². The SMILES string of the molecule is [2H]c1c([2H])c([N+](=O)[O-])c([2H])c([2H])c1C(=O)OCC(C)(C)CN(CC)CC. The summed E-state index contributed by atoms with van der Waals surface area (Å²) in [4.78, 5) is 24.4. The van der Waals surface area contributed by atoms with E-state index in [1.165, 1.54) is 0 Å². The summed E-state index contributed by atoms with van der Waals surface area (Å²) < 4.78 is 36.1. The van der Waals surface area contributed by atoms with Crippen molar-refractivity contribution in [1.82, 2.24) is 4.90 Å². The van der Waals surface area contributed by atoms with Gasteiger partial charge in [0.25, 0.3) is 5.69 Å². The van der Waals surface area contributed by atoms with E-state index in [-0.39, 0.29) is 12.0 Å². The molecule has 0 amide bonds. The Bertz CT molecular complexity index is 677. The second-order valence-corrected chi connectivity index (χ2v) is 5.68. The van der Waals surface area contributed by atoms with Crippen LogP contribution in [0.15, 0.2) is 24.2 Å². The van der Waals surface area contributed by atoms with E-state index in [9.17, 15) is 14.9 Å². The van der Waals surface area contributed by atoms with Crippen molar-refractivity contribution in [3.8, 4) is 0 Å². The second-order valence-electron chi connectivity index (χ2n) is 5.68. The summed E-state index contributed by atoms with van der Waals surface area (Å²) in [5.74, 6) is -1.02. The molecule has 0 aliphatic carbocycles. The molecule has 22 heavy (non-hydrogen) atoms. The Morgan fingerprint density at radius 3 is 2.32 bits per heavy atom. The predicted molar refractivity (Wildman–Crippen MR) is 84.9 cm³/mol. The number of carbonyl (C=O) groups excluding carboxylic acids is 1. The van der Waals surface area contributed by atoms with Crippen LogP contribution in [0, 0.1) is 15.5 Å². The summed E-state index contributed by atoms with van der Waals surface area (Å²) in [5.41, 5.74) is -1.94. The van der Waals surface area contributed by atoms with Gasteiger partial charge in [-0.1, -0.05) is 27.7 Å². The summed E-state index contributed by atoms with van der Waals surface area (Å²) in [6, 6.07) is -3.29. The van der Waals surface area contributed by atoms with Crippen LogP contribution in [0.5, 0.6) is 0 Å². The topological polar surface area (TPSA) is 72.7 Å². The van der Waals surface area contributed by atoms with Crippen LogP contribution in [-0.4, -0.2) is 42.0 Å². The van der Waals surface area contributed by atoms with Crippen molar-refractivity contribution in [2.24, 2.45) is 5.41 Å². The number of nitrogens with zero attached hydrogens (tertiary/aromatic N) is 2. The highest BCUT2D eigenvalue weighted by molar-refractivity contribution is 5.89. The number of esters is 1. The first-order valence-electron chi connectivity index (χ1n) is 9.11. The maximum Gasteiger partial charge on any atom is 0.338 e. The Labute approximate surface area is 136 Å². The maximum absolute atomic E-state index is 12.3. The molecule has 0 bridgehead atoms. The Hall–Kier alpha value is -1.95. The molecule has 0 aliphatic heterocycles. The van der Waals surface area contributed by atoms with Crippen LogP contribution in [0.2, 0.25) is 0 Å². The van der Waals surface area contributed by atoms with E-state index in [2.05, 4.69) is 4.90 Å². The number of nitro benzene ring substituents is 1. The molecule has 0 saturated carbocycles. The molecule has 1 rings (SSSR count). The van der Waals surface area contributed by atoms with Crippen molar-refractivity contribution in [3.05, 3.63) is 39.8 Å². The summed E-state index contributed by atoms with van der Waals surface area (Å²) >= 11 is 0. The molecule has 6 nitrogen and oxygen atoms in total. The molecule has 0 heterocycles. The molecule has 0 aliphatic rings. The third-order valence-electron chi connectivity index (χ3n) is 3.14. The molecule has 122 valence electrons. The fourth-order valence-corrected chi connectivity index (χ4v) is 1.93. The average molecular weight is 312 g/mol. The van der Waals surface area contributed by atoms with Crippen molar-refractivity contribution >= 4 is 11.7 Å². The minimum absolute atomic E-state index is 0.0128. The molecule has 0 fully saturated rings. The number of hydrogen-bond donors (Lipinski definition) is 0. The van der Waals surface area contributed by atoms with Crippen LogP contribution >= 0.6 is 0 Å². The van der Waals surface area contributed by atoms with Gasteiger partial charge < -0.3 is 9.64 Å². The van der Waals surface area contributed by atoms with E-state index in [0.717, 1.165) is 13.1 Å². The van der Waals surface area contributed by atoms with Gasteiger partial charge in [-0.2, -0.15) is 0 Å². The molecule has 0 atom stereocenters. The molecule has 0 N–H and O–H groups in total. The van der Waals surface area contributed by atoms with Gasteiger partial charge in [-0.15, -0.1) is 0 Å². The first kappa shape index (κ1) is 12.6. The Kier molecular flexibility index (Phi) is 4.51. The zero-order chi connectivity index (χ0) is 20.2. The highest BCUT2D eigenvalue weighted by atomic mass is 16.6. The third kappa shape index (κ3) is 5.44. The first-order valence-corrected chi connectivity index (χ1v) is 7.11. The average Bonchev–Trinajstić information content (AvgIpc) is 2.56. The summed E-state index contributed by atoms with van der Waals surface area (Å²) in [6.07, 6.45) is 0. The van der Waals surface area contributed by atoms with Crippen molar-refractivity contribution in [1.29, 1.82) is 0 Å². The Morgan fingerprint density at radius 1 is 1.32 bits per heavy atom. The van der Waals surface area contributed by atoms with Gasteiger partial charge in [-0.3, -0.25) is 10.1 Å². The lowest BCUT2D eigenvalue weighted by Gasteiger charge is -2.30. The van der Waals surface area contributed by atoms with E-state index in [1.807, 2.05) is 27.7 Å². The quantitative estimate of drug-likeness (QED) is 0.419. The molecule has 0 unspecified atom stereocenters. The number of benzene rings is 1. The lowest BCUT2D eigenvalue weighted by Crippen LogP contribution is -2.37. The van der Waals surface area contributed by atoms with Gasteiger partial charge in [0, 0.05) is 24.0 Å². The van der Waals surface area contributed by atoms with E-state index in [1.54, 1.807) is 0 Å². The minimum Gasteiger partial charge on any atom is -0.461 e. The third-order valence-corrected chi connectivity index (χ3v) is 3.14. The molecule has 1 aromatic rings. The van der Waals surface area contributed by atoms with Crippen LogP contribution in [0.25, 0.3) is 0 Å². The van der Waals surface area contributed by atoms with Crippen molar-refractivity contribution < 1.29 is 19.9 Å². The number of hydrogen-bond acceptors (Lipinski definition) is 5. The van der Waals surface area contributed by atoms with Gasteiger partial charge in [-0.25, -0.2) is 4.79 Å². The van der Waals surface area contributed by atoms with Crippen LogP contribution in [-0.2, 0) is 4.74 Å². The largest absolute Gasteiger partial charge is 0.461 e.